The summed E-state index contributed by atoms with van der Waals surface area (Å²) in [5.41, 5.74) is 4.38. The Morgan fingerprint density at radius 1 is 1.05 bits per heavy atom. The van der Waals surface area contributed by atoms with Gasteiger partial charge >= 0.3 is 0 Å². The summed E-state index contributed by atoms with van der Waals surface area (Å²) in [6.07, 6.45) is 1.62. The van der Waals surface area contributed by atoms with Crippen LogP contribution in [0.3, 0.4) is 0 Å². The molecule has 1 saturated heterocycles. The van der Waals surface area contributed by atoms with Gasteiger partial charge in [0.1, 0.15) is 24.2 Å². The molecule has 3 aromatic heterocycles. The molecule has 2 aromatic carbocycles. The highest BCUT2D eigenvalue weighted by Gasteiger charge is 2.33. The topological polar surface area (TPSA) is 96.1 Å². The average Bonchev–Trinajstić information content (AvgIpc) is 3.59. The molecule has 1 aliphatic rings. The maximum absolute atomic E-state index is 13.6. The van der Waals surface area contributed by atoms with E-state index in [4.69, 9.17) is 4.42 Å². The van der Waals surface area contributed by atoms with Crippen LogP contribution in [-0.4, -0.2) is 56.3 Å². The molecular weight excluding hydrogens is 485 g/mol. The molecule has 0 aliphatic carbocycles. The predicted octanol–water partition coefficient (Wildman–Crippen LogP) is 3.82. The fourth-order valence-corrected chi connectivity index (χ4v) is 5.37. The molecule has 0 bridgehead atoms. The number of hydrogen-bond acceptors (Lipinski definition) is 7. The van der Waals surface area contributed by atoms with E-state index in [0.29, 0.717) is 44.1 Å². The van der Waals surface area contributed by atoms with Gasteiger partial charge in [-0.05, 0) is 83.8 Å². The highest BCUT2D eigenvalue weighted by atomic mass is 19.1. The molecule has 1 unspecified atom stereocenters. The summed E-state index contributed by atoms with van der Waals surface area (Å²) in [6, 6.07) is 15.9. The van der Waals surface area contributed by atoms with Crippen molar-refractivity contribution in [2.45, 2.75) is 26.4 Å². The quantitative estimate of drug-likeness (QED) is 0.369. The number of tetrazole rings is 1. The molecule has 38 heavy (non-hydrogen) atoms. The minimum atomic E-state index is -0.468. The second kappa shape index (κ2) is 9.86. The van der Waals surface area contributed by atoms with E-state index in [-0.39, 0.29) is 11.4 Å². The first kappa shape index (κ1) is 24.1. The van der Waals surface area contributed by atoms with Crippen LogP contribution in [0, 0.1) is 19.7 Å². The molecule has 1 atom stereocenters. The van der Waals surface area contributed by atoms with Crippen molar-refractivity contribution in [3.63, 3.8) is 0 Å². The van der Waals surface area contributed by atoms with Gasteiger partial charge in [0, 0.05) is 37.4 Å². The fourth-order valence-electron chi connectivity index (χ4n) is 5.37. The van der Waals surface area contributed by atoms with Crippen LogP contribution in [-0.2, 0) is 6.54 Å². The molecule has 5 aromatic rings. The number of benzene rings is 2. The largest absolute Gasteiger partial charge is 0.467 e. The molecule has 6 rings (SSSR count). The van der Waals surface area contributed by atoms with Gasteiger partial charge in [-0.3, -0.25) is 9.69 Å². The van der Waals surface area contributed by atoms with Crippen LogP contribution in [0.4, 0.5) is 10.1 Å². The van der Waals surface area contributed by atoms with E-state index in [1.54, 1.807) is 23.1 Å². The zero-order chi connectivity index (χ0) is 26.2. The van der Waals surface area contributed by atoms with E-state index >= 15 is 0 Å². The minimum Gasteiger partial charge on any atom is -0.467 e. The highest BCUT2D eigenvalue weighted by molar-refractivity contribution is 5.83. The number of halogens is 1. The number of aromatic nitrogens is 5. The van der Waals surface area contributed by atoms with Crippen LogP contribution in [0.5, 0.6) is 0 Å². The summed E-state index contributed by atoms with van der Waals surface area (Å²) in [6.45, 7) is 7.16. The van der Waals surface area contributed by atoms with Gasteiger partial charge in [-0.15, -0.1) is 5.10 Å². The number of H-pyrrole nitrogens is 1. The number of aryl methyl sites for hydroxylation is 2. The van der Waals surface area contributed by atoms with Gasteiger partial charge in [-0.1, -0.05) is 11.6 Å². The predicted molar refractivity (Wildman–Crippen MR) is 142 cm³/mol. The fraction of sp³-hybridized carbons (Fsp3) is 0.286. The second-order valence-corrected chi connectivity index (χ2v) is 9.78. The molecule has 9 nitrogen and oxygen atoms in total. The van der Waals surface area contributed by atoms with Gasteiger partial charge in [0.25, 0.3) is 5.56 Å². The Labute approximate surface area is 218 Å². The van der Waals surface area contributed by atoms with E-state index < -0.39 is 6.04 Å². The molecule has 1 aliphatic heterocycles. The summed E-state index contributed by atoms with van der Waals surface area (Å²) in [5, 5.41) is 13.6. The SMILES string of the molecule is Cc1cc(C)c2[nH]c(=O)c(C(c3nnnn3Cc3ccco3)N3CCN(c4ccc(F)cc4)CC3)cc2c1. The number of nitrogens with zero attached hydrogens (tertiary/aromatic N) is 6. The maximum atomic E-state index is 13.6. The van der Waals surface area contributed by atoms with E-state index in [0.717, 1.165) is 33.5 Å². The summed E-state index contributed by atoms with van der Waals surface area (Å²) >= 11 is 0. The van der Waals surface area contributed by atoms with Crippen LogP contribution < -0.4 is 10.5 Å². The zero-order valence-electron chi connectivity index (χ0n) is 21.3. The van der Waals surface area contributed by atoms with Crippen molar-refractivity contribution in [2.75, 3.05) is 31.1 Å². The first-order chi connectivity index (χ1) is 18.5. The van der Waals surface area contributed by atoms with Gasteiger partial charge in [-0.2, -0.15) is 0 Å². The number of hydrogen-bond donors (Lipinski definition) is 1. The normalized spacial score (nSPS) is 15.3. The lowest BCUT2D eigenvalue weighted by Crippen LogP contribution is -2.49. The van der Waals surface area contributed by atoms with Crippen molar-refractivity contribution in [1.29, 1.82) is 0 Å². The van der Waals surface area contributed by atoms with Crippen LogP contribution in [0.15, 0.2) is 70.1 Å². The minimum absolute atomic E-state index is 0.164. The van der Waals surface area contributed by atoms with Gasteiger partial charge in [0.15, 0.2) is 5.82 Å². The molecule has 1 N–H and O–H groups in total. The molecule has 0 saturated carbocycles. The molecule has 0 amide bonds. The maximum Gasteiger partial charge on any atom is 0.253 e. The molecular formula is C28H28FN7O2. The lowest BCUT2D eigenvalue weighted by Gasteiger charge is -2.39. The summed E-state index contributed by atoms with van der Waals surface area (Å²) in [4.78, 5) is 21.1. The van der Waals surface area contributed by atoms with Crippen LogP contribution >= 0.6 is 0 Å². The number of fused-ring (bicyclic) bond motifs is 1. The molecule has 0 spiro atoms. The molecule has 10 heteroatoms. The van der Waals surface area contributed by atoms with Gasteiger partial charge in [-0.25, -0.2) is 9.07 Å². The Bertz CT molecular complexity index is 1620. The van der Waals surface area contributed by atoms with Crippen molar-refractivity contribution in [3.05, 3.63) is 105 Å². The van der Waals surface area contributed by atoms with Gasteiger partial charge in [0.05, 0.1) is 11.8 Å². The summed E-state index contributed by atoms with van der Waals surface area (Å²) < 4.78 is 20.7. The monoisotopic (exact) mass is 513 g/mol. The number of rotatable bonds is 6. The summed E-state index contributed by atoms with van der Waals surface area (Å²) in [7, 11) is 0. The molecule has 0 radical (unpaired) electrons. The first-order valence-corrected chi connectivity index (χ1v) is 12.6. The Hall–Kier alpha value is -4.31. The smallest absolute Gasteiger partial charge is 0.253 e. The van der Waals surface area contributed by atoms with Crippen molar-refractivity contribution in [1.82, 2.24) is 30.1 Å². The van der Waals surface area contributed by atoms with Crippen molar-refractivity contribution < 1.29 is 8.81 Å². The highest BCUT2D eigenvalue weighted by Crippen LogP contribution is 2.30. The Morgan fingerprint density at radius 2 is 1.84 bits per heavy atom. The van der Waals surface area contributed by atoms with E-state index in [1.807, 2.05) is 32.0 Å². The molecule has 1 fully saturated rings. The van der Waals surface area contributed by atoms with Crippen molar-refractivity contribution in [2.24, 2.45) is 0 Å². The second-order valence-electron chi connectivity index (χ2n) is 9.78. The van der Waals surface area contributed by atoms with E-state index in [1.165, 1.54) is 12.1 Å². The van der Waals surface area contributed by atoms with E-state index in [9.17, 15) is 9.18 Å². The number of nitrogens with one attached hydrogen (secondary N) is 1. The van der Waals surface area contributed by atoms with Crippen LogP contribution in [0.25, 0.3) is 10.9 Å². The van der Waals surface area contributed by atoms with Crippen molar-refractivity contribution in [3.8, 4) is 0 Å². The Balaban J connectivity index is 1.40. The number of piperazine rings is 1. The number of anilines is 1. The van der Waals surface area contributed by atoms with Gasteiger partial charge in [0.2, 0.25) is 0 Å². The van der Waals surface area contributed by atoms with E-state index in [2.05, 4.69) is 42.4 Å². The molecule has 194 valence electrons. The number of aromatic amines is 1. The average molecular weight is 514 g/mol. The third-order valence-electron chi connectivity index (χ3n) is 7.18. The lowest BCUT2D eigenvalue weighted by atomic mass is 10.00. The lowest BCUT2D eigenvalue weighted by molar-refractivity contribution is 0.200. The summed E-state index contributed by atoms with van der Waals surface area (Å²) in [5.74, 6) is 1.04. The zero-order valence-corrected chi connectivity index (χ0v) is 21.3. The number of pyridine rings is 1. The standard InChI is InChI=1S/C28H28FN7O2/c1-18-14-19(2)25-20(15-18)16-24(28(37)30-25)26(27-31-32-33-36(27)17-23-4-3-13-38-23)35-11-9-34(10-12-35)22-7-5-21(29)6-8-22/h3-8,13-16,26H,9-12,17H2,1-2H3,(H,30,37). The first-order valence-electron chi connectivity index (χ1n) is 12.6. The number of furan rings is 1. The third kappa shape index (κ3) is 4.58. The molecule has 4 heterocycles. The van der Waals surface area contributed by atoms with Crippen LogP contribution in [0.1, 0.15) is 34.3 Å². The van der Waals surface area contributed by atoms with Crippen molar-refractivity contribution >= 4 is 16.6 Å². The third-order valence-corrected chi connectivity index (χ3v) is 7.18. The Morgan fingerprint density at radius 3 is 2.58 bits per heavy atom. The van der Waals surface area contributed by atoms with Gasteiger partial charge < -0.3 is 14.3 Å². The Kier molecular flexibility index (Phi) is 6.24. The van der Waals surface area contributed by atoms with Crippen LogP contribution in [0.2, 0.25) is 0 Å².